The first-order valence-electron chi connectivity index (χ1n) is 7.57. The van der Waals surface area contributed by atoms with Crippen molar-refractivity contribution < 1.29 is 14.6 Å². The highest BCUT2D eigenvalue weighted by Crippen LogP contribution is 2.17. The first kappa shape index (κ1) is 15.8. The number of carbonyl (C=O) groups is 1. The van der Waals surface area contributed by atoms with Gasteiger partial charge in [0, 0.05) is 25.3 Å². The Bertz CT molecular complexity index is 441. The molecule has 5 heteroatoms. The van der Waals surface area contributed by atoms with Crippen LogP contribution in [0.3, 0.4) is 0 Å². The van der Waals surface area contributed by atoms with Gasteiger partial charge in [-0.3, -0.25) is 4.79 Å². The molecule has 2 unspecified atom stereocenters. The van der Waals surface area contributed by atoms with Crippen LogP contribution in [-0.2, 0) is 9.53 Å². The number of aliphatic hydroxyl groups is 1. The van der Waals surface area contributed by atoms with Crippen molar-refractivity contribution in [2.75, 3.05) is 18.9 Å². The standard InChI is InChI=1S/C16H24N2O3/c17-13-6-4-12(5-7-13)15(19)11-18-16(20)9-8-14-3-1-2-10-21-14/h4-7,14-15,19H,1-3,8-11,17H2,(H,18,20). The quantitative estimate of drug-likeness (QED) is 0.698. The minimum absolute atomic E-state index is 0.0429. The molecule has 1 amide bonds. The van der Waals surface area contributed by atoms with E-state index in [1.165, 1.54) is 6.42 Å². The molecule has 0 aliphatic carbocycles. The molecule has 21 heavy (non-hydrogen) atoms. The lowest BCUT2D eigenvalue weighted by molar-refractivity contribution is -0.122. The maximum Gasteiger partial charge on any atom is 0.220 e. The van der Waals surface area contributed by atoms with Crippen molar-refractivity contribution >= 4 is 11.6 Å². The molecule has 2 rings (SSSR count). The van der Waals surface area contributed by atoms with Crippen LogP contribution in [0.5, 0.6) is 0 Å². The third-order valence-electron chi connectivity index (χ3n) is 3.78. The number of nitrogens with one attached hydrogen (secondary N) is 1. The van der Waals surface area contributed by atoms with Crippen LogP contribution in [0.2, 0.25) is 0 Å². The van der Waals surface area contributed by atoms with Crippen LogP contribution in [0.15, 0.2) is 24.3 Å². The van der Waals surface area contributed by atoms with Gasteiger partial charge in [0.05, 0.1) is 12.2 Å². The summed E-state index contributed by atoms with van der Waals surface area (Å²) >= 11 is 0. The minimum atomic E-state index is -0.708. The van der Waals surface area contributed by atoms with E-state index in [9.17, 15) is 9.90 Å². The Morgan fingerprint density at radius 1 is 1.38 bits per heavy atom. The molecule has 1 heterocycles. The Kier molecular flexibility index (Phi) is 6.02. The highest BCUT2D eigenvalue weighted by atomic mass is 16.5. The van der Waals surface area contributed by atoms with Gasteiger partial charge in [0.2, 0.25) is 5.91 Å². The second-order valence-corrected chi connectivity index (χ2v) is 5.51. The molecule has 1 aliphatic rings. The summed E-state index contributed by atoms with van der Waals surface area (Å²) in [4.78, 5) is 11.8. The molecule has 2 atom stereocenters. The Balaban J connectivity index is 1.67. The summed E-state index contributed by atoms with van der Waals surface area (Å²) in [5.41, 5.74) is 7.00. The van der Waals surface area contributed by atoms with Crippen LogP contribution < -0.4 is 11.1 Å². The fraction of sp³-hybridized carbons (Fsp3) is 0.562. The molecule has 0 saturated carbocycles. The lowest BCUT2D eigenvalue weighted by Gasteiger charge is -2.22. The van der Waals surface area contributed by atoms with E-state index in [4.69, 9.17) is 10.5 Å². The van der Waals surface area contributed by atoms with Crippen molar-refractivity contribution in [3.8, 4) is 0 Å². The fourth-order valence-electron chi connectivity index (χ4n) is 2.46. The van der Waals surface area contributed by atoms with Gasteiger partial charge in [0.15, 0.2) is 0 Å². The van der Waals surface area contributed by atoms with Crippen LogP contribution in [-0.4, -0.2) is 30.3 Å². The number of aliphatic hydroxyl groups excluding tert-OH is 1. The van der Waals surface area contributed by atoms with E-state index in [1.54, 1.807) is 24.3 Å². The molecule has 5 nitrogen and oxygen atoms in total. The minimum Gasteiger partial charge on any atom is -0.399 e. The van der Waals surface area contributed by atoms with Crippen molar-refractivity contribution in [1.29, 1.82) is 0 Å². The molecule has 0 spiro atoms. The van der Waals surface area contributed by atoms with Gasteiger partial charge in [-0.25, -0.2) is 0 Å². The summed E-state index contributed by atoms with van der Waals surface area (Å²) in [6, 6.07) is 7.01. The number of benzene rings is 1. The molecular formula is C16H24N2O3. The van der Waals surface area contributed by atoms with Crippen LogP contribution in [0, 0.1) is 0 Å². The van der Waals surface area contributed by atoms with Crippen LogP contribution in [0.25, 0.3) is 0 Å². The van der Waals surface area contributed by atoms with Gasteiger partial charge in [-0.05, 0) is 43.4 Å². The lowest BCUT2D eigenvalue weighted by Crippen LogP contribution is -2.29. The largest absolute Gasteiger partial charge is 0.399 e. The molecule has 0 aromatic heterocycles. The number of nitrogen functional groups attached to an aromatic ring is 1. The summed E-state index contributed by atoms with van der Waals surface area (Å²) in [5.74, 6) is -0.0429. The molecule has 1 aliphatic heterocycles. The summed E-state index contributed by atoms with van der Waals surface area (Å²) < 4.78 is 5.59. The summed E-state index contributed by atoms with van der Waals surface area (Å²) in [6.45, 7) is 1.02. The molecule has 4 N–H and O–H groups in total. The van der Waals surface area contributed by atoms with Crippen LogP contribution in [0.4, 0.5) is 5.69 Å². The van der Waals surface area contributed by atoms with Crippen molar-refractivity contribution in [3.05, 3.63) is 29.8 Å². The van der Waals surface area contributed by atoms with E-state index in [0.29, 0.717) is 12.1 Å². The van der Waals surface area contributed by atoms with Crippen LogP contribution in [0.1, 0.15) is 43.8 Å². The number of rotatable bonds is 6. The second kappa shape index (κ2) is 8.00. The normalized spacial score (nSPS) is 20.0. The van der Waals surface area contributed by atoms with E-state index in [2.05, 4.69) is 5.32 Å². The average Bonchev–Trinajstić information content (AvgIpc) is 2.52. The number of hydrogen-bond acceptors (Lipinski definition) is 4. The summed E-state index contributed by atoms with van der Waals surface area (Å²) in [7, 11) is 0. The molecular weight excluding hydrogens is 268 g/mol. The zero-order valence-corrected chi connectivity index (χ0v) is 12.3. The van der Waals surface area contributed by atoms with E-state index >= 15 is 0 Å². The first-order valence-corrected chi connectivity index (χ1v) is 7.57. The van der Waals surface area contributed by atoms with E-state index < -0.39 is 6.10 Å². The third kappa shape index (κ3) is 5.36. The van der Waals surface area contributed by atoms with Crippen molar-refractivity contribution in [2.24, 2.45) is 0 Å². The predicted molar refractivity (Wildman–Crippen MR) is 81.6 cm³/mol. The second-order valence-electron chi connectivity index (χ2n) is 5.51. The molecule has 0 bridgehead atoms. The number of amides is 1. The Hall–Kier alpha value is -1.59. The highest BCUT2D eigenvalue weighted by Gasteiger charge is 2.16. The van der Waals surface area contributed by atoms with Crippen LogP contribution >= 0.6 is 0 Å². The van der Waals surface area contributed by atoms with E-state index in [-0.39, 0.29) is 18.6 Å². The topological polar surface area (TPSA) is 84.6 Å². The zero-order valence-electron chi connectivity index (χ0n) is 12.3. The van der Waals surface area contributed by atoms with Crippen molar-refractivity contribution in [3.63, 3.8) is 0 Å². The van der Waals surface area contributed by atoms with Gasteiger partial charge in [-0.1, -0.05) is 12.1 Å². The van der Waals surface area contributed by atoms with Gasteiger partial charge in [-0.2, -0.15) is 0 Å². The molecule has 1 saturated heterocycles. The van der Waals surface area contributed by atoms with E-state index in [1.807, 2.05) is 0 Å². The molecule has 1 aromatic rings. The average molecular weight is 292 g/mol. The SMILES string of the molecule is Nc1ccc(C(O)CNC(=O)CCC2CCCCO2)cc1. The van der Waals surface area contributed by atoms with Gasteiger partial charge >= 0.3 is 0 Å². The summed E-state index contributed by atoms with van der Waals surface area (Å²) in [6.07, 6.45) is 4.05. The van der Waals surface area contributed by atoms with Gasteiger partial charge in [0.1, 0.15) is 0 Å². The Morgan fingerprint density at radius 3 is 2.81 bits per heavy atom. The number of nitrogens with two attached hydrogens (primary N) is 1. The fourth-order valence-corrected chi connectivity index (χ4v) is 2.46. The number of carbonyl (C=O) groups excluding carboxylic acids is 1. The Morgan fingerprint density at radius 2 is 2.14 bits per heavy atom. The first-order chi connectivity index (χ1) is 10.1. The number of hydrogen-bond donors (Lipinski definition) is 3. The maximum atomic E-state index is 11.8. The monoisotopic (exact) mass is 292 g/mol. The number of ether oxygens (including phenoxy) is 1. The smallest absolute Gasteiger partial charge is 0.220 e. The van der Waals surface area contributed by atoms with Gasteiger partial charge < -0.3 is 20.9 Å². The van der Waals surface area contributed by atoms with Gasteiger partial charge in [-0.15, -0.1) is 0 Å². The van der Waals surface area contributed by atoms with E-state index in [0.717, 1.165) is 31.4 Å². The molecule has 1 aromatic carbocycles. The Labute approximate surface area is 125 Å². The summed E-state index contributed by atoms with van der Waals surface area (Å²) in [5, 5.41) is 12.8. The molecule has 116 valence electrons. The maximum absolute atomic E-state index is 11.8. The highest BCUT2D eigenvalue weighted by molar-refractivity contribution is 5.75. The van der Waals surface area contributed by atoms with Crippen molar-refractivity contribution in [2.45, 2.75) is 44.3 Å². The van der Waals surface area contributed by atoms with Gasteiger partial charge in [0.25, 0.3) is 0 Å². The molecule has 1 fully saturated rings. The lowest BCUT2D eigenvalue weighted by atomic mass is 10.0. The van der Waals surface area contributed by atoms with Crippen molar-refractivity contribution in [1.82, 2.24) is 5.32 Å². The zero-order chi connectivity index (χ0) is 15.1. The predicted octanol–water partition coefficient (Wildman–Crippen LogP) is 1.77. The third-order valence-corrected chi connectivity index (χ3v) is 3.78. The number of anilines is 1. The molecule has 0 radical (unpaired) electrons.